The van der Waals surface area contributed by atoms with E-state index in [-0.39, 0.29) is 5.56 Å². The average molecular weight is 227 g/mol. The summed E-state index contributed by atoms with van der Waals surface area (Å²) in [5.74, 6) is -0.468. The van der Waals surface area contributed by atoms with E-state index in [1.807, 2.05) is 30.3 Å². The van der Waals surface area contributed by atoms with E-state index in [2.05, 4.69) is 0 Å². The van der Waals surface area contributed by atoms with E-state index in [9.17, 15) is 9.90 Å². The minimum atomic E-state index is -1.18. The van der Waals surface area contributed by atoms with Gasteiger partial charge in [0.25, 0.3) is 0 Å². The molecule has 0 heterocycles. The lowest BCUT2D eigenvalue weighted by Gasteiger charge is -2.10. The largest absolute Gasteiger partial charge is 0.545 e. The maximum atomic E-state index is 10.8. The molecule has 2 aromatic carbocycles. The predicted molar refractivity (Wildman–Crippen MR) is 62.8 cm³/mol. The highest BCUT2D eigenvalue weighted by Gasteiger charge is 2.05. The number of benzene rings is 2. The standard InChI is InChI=1S/C14H12O3/c1-17-13-8-3-2-7-12(13)10-5-4-6-11(9-10)14(15)16/h2-9H,1H3,(H,15,16)/p-1. The predicted octanol–water partition coefficient (Wildman–Crippen LogP) is 1.73. The molecule has 0 bridgehead atoms. The van der Waals surface area contributed by atoms with Crippen LogP contribution in [0.3, 0.4) is 0 Å². The lowest BCUT2D eigenvalue weighted by molar-refractivity contribution is -0.255. The van der Waals surface area contributed by atoms with Gasteiger partial charge in [-0.3, -0.25) is 0 Å². The molecule has 0 fully saturated rings. The van der Waals surface area contributed by atoms with Crippen molar-refractivity contribution < 1.29 is 14.6 Å². The number of ether oxygens (including phenoxy) is 1. The Morgan fingerprint density at radius 3 is 2.59 bits per heavy atom. The number of carbonyl (C=O) groups is 1. The van der Waals surface area contributed by atoms with Crippen LogP contribution in [0.4, 0.5) is 0 Å². The third-order valence-corrected chi connectivity index (χ3v) is 2.52. The first-order chi connectivity index (χ1) is 8.22. The van der Waals surface area contributed by atoms with Crippen LogP contribution in [0.15, 0.2) is 48.5 Å². The van der Waals surface area contributed by atoms with Gasteiger partial charge in [0.2, 0.25) is 0 Å². The van der Waals surface area contributed by atoms with Crippen LogP contribution in [0.5, 0.6) is 5.75 Å². The van der Waals surface area contributed by atoms with E-state index in [1.165, 1.54) is 6.07 Å². The highest BCUT2D eigenvalue weighted by Crippen LogP contribution is 2.29. The Morgan fingerprint density at radius 2 is 1.88 bits per heavy atom. The van der Waals surface area contributed by atoms with Gasteiger partial charge in [-0.05, 0) is 23.3 Å². The van der Waals surface area contributed by atoms with Gasteiger partial charge in [-0.1, -0.05) is 36.4 Å². The number of hydrogen-bond acceptors (Lipinski definition) is 3. The minimum Gasteiger partial charge on any atom is -0.545 e. The van der Waals surface area contributed by atoms with Gasteiger partial charge in [0.05, 0.1) is 13.1 Å². The maximum absolute atomic E-state index is 10.8. The Labute approximate surface area is 99.3 Å². The fraction of sp³-hybridized carbons (Fsp3) is 0.0714. The quantitative estimate of drug-likeness (QED) is 0.802. The van der Waals surface area contributed by atoms with Crippen LogP contribution in [0.1, 0.15) is 10.4 Å². The van der Waals surface area contributed by atoms with Crippen molar-refractivity contribution in [3.05, 3.63) is 54.1 Å². The van der Waals surface area contributed by atoms with E-state index in [0.29, 0.717) is 5.75 Å². The zero-order valence-electron chi connectivity index (χ0n) is 9.34. The molecule has 3 heteroatoms. The Kier molecular flexibility index (Phi) is 3.10. The summed E-state index contributed by atoms with van der Waals surface area (Å²) in [6, 6.07) is 14.1. The van der Waals surface area contributed by atoms with Crippen molar-refractivity contribution in [1.29, 1.82) is 0 Å². The van der Waals surface area contributed by atoms with E-state index in [4.69, 9.17) is 4.74 Å². The number of carboxylic acid groups (broad SMARTS) is 1. The van der Waals surface area contributed by atoms with Crippen LogP contribution in [0, 0.1) is 0 Å². The summed E-state index contributed by atoms with van der Waals surface area (Å²) in [6.07, 6.45) is 0. The Bertz CT molecular complexity index is 547. The first-order valence-corrected chi connectivity index (χ1v) is 5.17. The number of rotatable bonds is 3. The zero-order valence-corrected chi connectivity index (χ0v) is 9.34. The average Bonchev–Trinajstić information content (AvgIpc) is 2.39. The van der Waals surface area contributed by atoms with Crippen LogP contribution >= 0.6 is 0 Å². The zero-order chi connectivity index (χ0) is 12.3. The fourth-order valence-corrected chi connectivity index (χ4v) is 1.70. The van der Waals surface area contributed by atoms with Crippen molar-refractivity contribution in [1.82, 2.24) is 0 Å². The molecule has 0 amide bonds. The second-order valence-electron chi connectivity index (χ2n) is 3.57. The first kappa shape index (κ1) is 11.2. The van der Waals surface area contributed by atoms with Gasteiger partial charge >= 0.3 is 0 Å². The molecule has 0 aliphatic heterocycles. The summed E-state index contributed by atoms with van der Waals surface area (Å²) in [4.78, 5) is 10.8. The number of hydrogen-bond donors (Lipinski definition) is 0. The van der Waals surface area contributed by atoms with E-state index in [0.717, 1.165) is 11.1 Å². The summed E-state index contributed by atoms with van der Waals surface area (Å²) < 4.78 is 5.24. The monoisotopic (exact) mass is 227 g/mol. The van der Waals surface area contributed by atoms with E-state index in [1.54, 1.807) is 19.2 Å². The molecular weight excluding hydrogens is 216 g/mol. The van der Waals surface area contributed by atoms with Gasteiger partial charge in [0.15, 0.2) is 0 Å². The minimum absolute atomic E-state index is 0.161. The van der Waals surface area contributed by atoms with Crippen molar-refractivity contribution in [3.8, 4) is 16.9 Å². The highest BCUT2D eigenvalue weighted by molar-refractivity contribution is 5.88. The molecule has 0 saturated heterocycles. The molecule has 3 nitrogen and oxygen atoms in total. The summed E-state index contributed by atoms with van der Waals surface area (Å²) >= 11 is 0. The van der Waals surface area contributed by atoms with Crippen LogP contribution in [0.2, 0.25) is 0 Å². The molecule has 0 saturated carbocycles. The second kappa shape index (κ2) is 4.70. The molecule has 0 radical (unpaired) electrons. The van der Waals surface area contributed by atoms with Crippen molar-refractivity contribution in [2.45, 2.75) is 0 Å². The number of carbonyl (C=O) groups excluding carboxylic acids is 1. The third-order valence-electron chi connectivity index (χ3n) is 2.52. The van der Waals surface area contributed by atoms with Gasteiger partial charge in [0, 0.05) is 5.56 Å². The Balaban J connectivity index is 2.52. The number of carboxylic acids is 1. The Hall–Kier alpha value is -2.29. The van der Waals surface area contributed by atoms with Crippen molar-refractivity contribution in [2.24, 2.45) is 0 Å². The van der Waals surface area contributed by atoms with Gasteiger partial charge in [-0.25, -0.2) is 0 Å². The molecule has 2 rings (SSSR count). The maximum Gasteiger partial charge on any atom is 0.126 e. The van der Waals surface area contributed by atoms with Crippen LogP contribution in [-0.2, 0) is 0 Å². The molecule has 0 N–H and O–H groups in total. The topological polar surface area (TPSA) is 49.4 Å². The number of methoxy groups -OCH3 is 1. The molecule has 0 atom stereocenters. The molecule has 17 heavy (non-hydrogen) atoms. The van der Waals surface area contributed by atoms with E-state index >= 15 is 0 Å². The molecule has 2 aromatic rings. The molecule has 86 valence electrons. The summed E-state index contributed by atoms with van der Waals surface area (Å²) in [6.45, 7) is 0. The number of aromatic carboxylic acids is 1. The lowest BCUT2D eigenvalue weighted by atomic mass is 10.0. The summed E-state index contributed by atoms with van der Waals surface area (Å²) in [5.41, 5.74) is 1.82. The lowest BCUT2D eigenvalue weighted by Crippen LogP contribution is -2.22. The normalized spacial score (nSPS) is 9.94. The smallest absolute Gasteiger partial charge is 0.126 e. The molecule has 0 aromatic heterocycles. The van der Waals surface area contributed by atoms with Gasteiger partial charge in [-0.2, -0.15) is 0 Å². The Morgan fingerprint density at radius 1 is 1.12 bits per heavy atom. The van der Waals surface area contributed by atoms with Crippen LogP contribution < -0.4 is 9.84 Å². The van der Waals surface area contributed by atoms with Crippen LogP contribution in [0.25, 0.3) is 11.1 Å². The van der Waals surface area contributed by atoms with Gasteiger partial charge < -0.3 is 14.6 Å². The molecule has 0 aliphatic carbocycles. The van der Waals surface area contributed by atoms with Gasteiger partial charge in [-0.15, -0.1) is 0 Å². The fourth-order valence-electron chi connectivity index (χ4n) is 1.70. The summed E-state index contributed by atoms with van der Waals surface area (Å²) in [7, 11) is 1.58. The van der Waals surface area contributed by atoms with Crippen molar-refractivity contribution >= 4 is 5.97 Å². The highest BCUT2D eigenvalue weighted by atomic mass is 16.5. The third kappa shape index (κ3) is 2.28. The number of para-hydroxylation sites is 1. The van der Waals surface area contributed by atoms with Crippen molar-refractivity contribution in [3.63, 3.8) is 0 Å². The molecule has 0 unspecified atom stereocenters. The van der Waals surface area contributed by atoms with Gasteiger partial charge in [0.1, 0.15) is 5.75 Å². The molecular formula is C14H11O3-. The first-order valence-electron chi connectivity index (χ1n) is 5.17. The van der Waals surface area contributed by atoms with Crippen LogP contribution in [-0.4, -0.2) is 13.1 Å². The van der Waals surface area contributed by atoms with E-state index < -0.39 is 5.97 Å². The molecule has 0 spiro atoms. The summed E-state index contributed by atoms with van der Waals surface area (Å²) in [5, 5.41) is 10.8. The second-order valence-corrected chi connectivity index (χ2v) is 3.57. The van der Waals surface area contributed by atoms with Crippen molar-refractivity contribution in [2.75, 3.05) is 7.11 Å². The molecule has 0 aliphatic rings. The SMILES string of the molecule is COc1ccccc1-c1cccc(C(=O)[O-])c1.